The molecule has 204 valence electrons. The van der Waals surface area contributed by atoms with Gasteiger partial charge in [0.25, 0.3) is 5.91 Å². The summed E-state index contributed by atoms with van der Waals surface area (Å²) < 4.78 is 5.29. The number of nitrogens with zero attached hydrogens (tertiary/aromatic N) is 1. The molecule has 0 saturated carbocycles. The van der Waals surface area contributed by atoms with Crippen LogP contribution < -0.4 is 16.4 Å². The third-order valence-corrected chi connectivity index (χ3v) is 5.60. The minimum absolute atomic E-state index is 0.461. The van der Waals surface area contributed by atoms with E-state index in [-0.39, 0.29) is 0 Å². The monoisotopic (exact) mass is 522 g/mol. The molecule has 4 amide bonds. The van der Waals surface area contributed by atoms with Gasteiger partial charge < -0.3 is 26.0 Å². The van der Waals surface area contributed by atoms with Gasteiger partial charge in [0.05, 0.1) is 6.42 Å². The van der Waals surface area contributed by atoms with E-state index in [1.165, 1.54) is 4.90 Å². The number of anilines is 1. The van der Waals surface area contributed by atoms with Gasteiger partial charge in [-0.1, -0.05) is 49.1 Å². The number of nitrogens with one attached hydrogen (secondary N) is 2. The van der Waals surface area contributed by atoms with Crippen molar-refractivity contribution in [1.29, 1.82) is 0 Å². The zero-order valence-corrected chi connectivity index (χ0v) is 22.9. The highest BCUT2D eigenvalue weighted by atomic mass is 16.6. The van der Waals surface area contributed by atoms with Crippen LogP contribution in [0.5, 0.6) is 0 Å². The van der Waals surface area contributed by atoms with Crippen LogP contribution >= 0.6 is 0 Å². The number of hydrogen-bond donors (Lipinski definition) is 3. The molecule has 9 nitrogen and oxygen atoms in total. The highest BCUT2D eigenvalue weighted by molar-refractivity contribution is 6.00. The molecule has 0 aliphatic rings. The van der Waals surface area contributed by atoms with Crippen molar-refractivity contribution < 1.29 is 23.9 Å². The molecule has 2 rings (SSSR count). The number of rotatable bonds is 10. The van der Waals surface area contributed by atoms with Crippen LogP contribution in [-0.2, 0) is 19.1 Å². The van der Waals surface area contributed by atoms with Crippen molar-refractivity contribution in [2.45, 2.75) is 71.7 Å². The molecule has 9 heteroatoms. The standard InChI is InChI=1S/C29H38N4O5/c1-8-20-13-11-14-21(16-20)25(26(35)31-22-15-10-9-12-19(22)4)33(18(2)3)27(36)23(17-24(30)34)32-28(37)38-29(5,6)7/h8-16,18,23,25H,1,17H2,2-7H3,(H2,30,34)(H,31,35)(H,32,37). The molecule has 0 spiro atoms. The number of nitrogens with two attached hydrogens (primary N) is 1. The zero-order chi connectivity index (χ0) is 28.6. The largest absolute Gasteiger partial charge is 0.444 e. The molecule has 0 aromatic heterocycles. The summed E-state index contributed by atoms with van der Waals surface area (Å²) in [7, 11) is 0. The molecule has 2 atom stereocenters. The van der Waals surface area contributed by atoms with Gasteiger partial charge in [0.15, 0.2) is 0 Å². The van der Waals surface area contributed by atoms with Crippen LogP contribution in [0, 0.1) is 6.92 Å². The molecular weight excluding hydrogens is 484 g/mol. The Morgan fingerprint density at radius 1 is 1.08 bits per heavy atom. The van der Waals surface area contributed by atoms with Crippen molar-refractivity contribution in [3.05, 3.63) is 71.8 Å². The SMILES string of the molecule is C=Cc1cccc(C(C(=O)Nc2ccccc2C)N(C(=O)C(CC(N)=O)NC(=O)OC(C)(C)C)C(C)C)c1. The van der Waals surface area contributed by atoms with Crippen LogP contribution in [0.2, 0.25) is 0 Å². The second kappa shape index (κ2) is 12.9. The minimum atomic E-state index is -1.35. The van der Waals surface area contributed by atoms with E-state index in [2.05, 4.69) is 17.2 Å². The number of benzene rings is 2. The van der Waals surface area contributed by atoms with Gasteiger partial charge in [-0.15, -0.1) is 0 Å². The Labute approximate surface area is 224 Å². The highest BCUT2D eigenvalue weighted by Crippen LogP contribution is 2.28. The smallest absolute Gasteiger partial charge is 0.408 e. The molecule has 0 aliphatic carbocycles. The Hall–Kier alpha value is -4.14. The second-order valence-electron chi connectivity index (χ2n) is 10.3. The van der Waals surface area contributed by atoms with Crippen LogP contribution in [0.15, 0.2) is 55.1 Å². The minimum Gasteiger partial charge on any atom is -0.444 e. The third kappa shape index (κ3) is 8.47. The molecule has 0 fully saturated rings. The predicted octanol–water partition coefficient (Wildman–Crippen LogP) is 4.32. The van der Waals surface area contributed by atoms with Gasteiger partial charge in [0, 0.05) is 11.7 Å². The lowest BCUT2D eigenvalue weighted by atomic mass is 9.98. The van der Waals surface area contributed by atoms with E-state index >= 15 is 0 Å². The number of hydrogen-bond acceptors (Lipinski definition) is 5. The zero-order valence-electron chi connectivity index (χ0n) is 22.9. The number of ether oxygens (including phenoxy) is 1. The molecule has 0 radical (unpaired) electrons. The lowest BCUT2D eigenvalue weighted by molar-refractivity contribution is -0.143. The summed E-state index contributed by atoms with van der Waals surface area (Å²) in [5.41, 5.74) is 7.33. The lowest BCUT2D eigenvalue weighted by Crippen LogP contribution is -2.55. The Kier molecular flexibility index (Phi) is 10.2. The molecule has 2 aromatic carbocycles. The number of carbonyl (C=O) groups is 4. The van der Waals surface area contributed by atoms with Gasteiger partial charge in [0.2, 0.25) is 11.8 Å². The Morgan fingerprint density at radius 3 is 2.29 bits per heavy atom. The van der Waals surface area contributed by atoms with Gasteiger partial charge in [0.1, 0.15) is 17.7 Å². The molecule has 2 unspecified atom stereocenters. The normalized spacial score (nSPS) is 12.7. The van der Waals surface area contributed by atoms with Crippen LogP contribution in [-0.4, -0.2) is 46.4 Å². The third-order valence-electron chi connectivity index (χ3n) is 5.60. The van der Waals surface area contributed by atoms with Crippen molar-refractivity contribution in [1.82, 2.24) is 10.2 Å². The predicted molar refractivity (Wildman–Crippen MR) is 148 cm³/mol. The number of amides is 4. The quantitative estimate of drug-likeness (QED) is 0.428. The van der Waals surface area contributed by atoms with Gasteiger partial charge in [-0.25, -0.2) is 4.79 Å². The number of para-hydroxylation sites is 1. The number of primary amides is 1. The maximum absolute atomic E-state index is 14.0. The van der Waals surface area contributed by atoms with Crippen LogP contribution in [0.1, 0.15) is 63.8 Å². The summed E-state index contributed by atoms with van der Waals surface area (Å²) in [6.07, 6.45) is 0.289. The Morgan fingerprint density at radius 2 is 1.74 bits per heavy atom. The first-order chi connectivity index (χ1) is 17.7. The van der Waals surface area contributed by atoms with Crippen molar-refractivity contribution in [2.24, 2.45) is 5.73 Å². The number of aryl methyl sites for hydroxylation is 1. The molecule has 38 heavy (non-hydrogen) atoms. The second-order valence-corrected chi connectivity index (χ2v) is 10.3. The molecule has 0 saturated heterocycles. The molecule has 0 heterocycles. The van der Waals surface area contributed by atoms with Gasteiger partial charge in [-0.3, -0.25) is 14.4 Å². The topological polar surface area (TPSA) is 131 Å². The van der Waals surface area contributed by atoms with Crippen LogP contribution in [0.4, 0.5) is 10.5 Å². The van der Waals surface area contributed by atoms with Crippen molar-refractivity contribution in [3.8, 4) is 0 Å². The first-order valence-corrected chi connectivity index (χ1v) is 12.4. The number of alkyl carbamates (subject to hydrolysis) is 1. The highest BCUT2D eigenvalue weighted by Gasteiger charge is 2.38. The Bertz CT molecular complexity index is 1190. The van der Waals surface area contributed by atoms with Gasteiger partial charge in [-0.05, 0) is 70.4 Å². The van der Waals surface area contributed by atoms with E-state index in [1.807, 2.05) is 25.1 Å². The summed E-state index contributed by atoms with van der Waals surface area (Å²) >= 11 is 0. The maximum atomic E-state index is 14.0. The summed E-state index contributed by atoms with van der Waals surface area (Å²) in [6.45, 7) is 14.2. The van der Waals surface area contributed by atoms with Crippen LogP contribution in [0.25, 0.3) is 6.08 Å². The Balaban J connectivity index is 2.57. The van der Waals surface area contributed by atoms with Crippen molar-refractivity contribution >= 4 is 35.6 Å². The number of carbonyl (C=O) groups excluding carboxylic acids is 4. The fourth-order valence-corrected chi connectivity index (χ4v) is 3.92. The van der Waals surface area contributed by atoms with E-state index in [9.17, 15) is 19.2 Å². The van der Waals surface area contributed by atoms with Crippen molar-refractivity contribution in [2.75, 3.05) is 5.32 Å². The maximum Gasteiger partial charge on any atom is 0.408 e. The average Bonchev–Trinajstić information content (AvgIpc) is 2.81. The van der Waals surface area contributed by atoms with Gasteiger partial charge in [-0.2, -0.15) is 0 Å². The average molecular weight is 523 g/mol. The van der Waals surface area contributed by atoms with Crippen LogP contribution in [0.3, 0.4) is 0 Å². The van der Waals surface area contributed by atoms with E-state index in [0.717, 1.165) is 11.1 Å². The first-order valence-electron chi connectivity index (χ1n) is 12.4. The van der Waals surface area contributed by atoms with E-state index in [4.69, 9.17) is 10.5 Å². The first kappa shape index (κ1) is 30.1. The fraction of sp³-hybridized carbons (Fsp3) is 0.379. The molecular formula is C29H38N4O5. The molecule has 0 aliphatic heterocycles. The van der Waals surface area contributed by atoms with E-state index in [0.29, 0.717) is 11.3 Å². The molecule has 0 bridgehead atoms. The molecule has 4 N–H and O–H groups in total. The summed E-state index contributed by atoms with van der Waals surface area (Å²) in [6, 6.07) is 11.4. The summed E-state index contributed by atoms with van der Waals surface area (Å²) in [5.74, 6) is -1.91. The van der Waals surface area contributed by atoms with Crippen molar-refractivity contribution in [3.63, 3.8) is 0 Å². The van der Waals surface area contributed by atoms with E-state index < -0.39 is 54.0 Å². The summed E-state index contributed by atoms with van der Waals surface area (Å²) in [5, 5.41) is 5.39. The summed E-state index contributed by atoms with van der Waals surface area (Å²) in [4.78, 5) is 53.6. The fourth-order valence-electron chi connectivity index (χ4n) is 3.92. The molecule has 2 aromatic rings. The van der Waals surface area contributed by atoms with Gasteiger partial charge >= 0.3 is 6.09 Å². The lowest BCUT2D eigenvalue weighted by Gasteiger charge is -2.37. The van der Waals surface area contributed by atoms with E-state index in [1.54, 1.807) is 71.0 Å².